The molecule has 2 heterocycles. The second-order valence-corrected chi connectivity index (χ2v) is 12.6. The Morgan fingerprint density at radius 2 is 1.72 bits per heavy atom. The van der Waals surface area contributed by atoms with Crippen LogP contribution in [0.1, 0.15) is 59.7 Å². The molecule has 3 aromatic carbocycles. The largest absolute Gasteiger partial charge is 0.573 e. The molecule has 4 aromatic rings. The van der Waals surface area contributed by atoms with Gasteiger partial charge in [-0.25, -0.2) is 4.39 Å². The van der Waals surface area contributed by atoms with Crippen LogP contribution in [0.2, 0.25) is 0 Å². The van der Waals surface area contributed by atoms with Gasteiger partial charge in [0.15, 0.2) is 0 Å². The molecule has 0 fully saturated rings. The van der Waals surface area contributed by atoms with Gasteiger partial charge in [-0.15, -0.1) is 24.9 Å². The third-order valence-corrected chi connectivity index (χ3v) is 9.59. The van der Waals surface area contributed by atoms with Crippen LogP contribution in [0.4, 0.5) is 30.7 Å². The van der Waals surface area contributed by atoms with Gasteiger partial charge in [-0.05, 0) is 73.3 Å². The number of pyridine rings is 1. The molecule has 0 aliphatic carbocycles. The molecule has 0 saturated carbocycles. The van der Waals surface area contributed by atoms with Crippen LogP contribution in [0, 0.1) is 12.7 Å². The smallest absolute Gasteiger partial charge is 0.466 e. The molecule has 0 spiro atoms. The van der Waals surface area contributed by atoms with Crippen LogP contribution in [0.5, 0.6) is 5.75 Å². The van der Waals surface area contributed by atoms with Crippen molar-refractivity contribution in [2.45, 2.75) is 62.8 Å². The van der Waals surface area contributed by atoms with Gasteiger partial charge in [0, 0.05) is 24.2 Å². The standard InChI is InChI=1S/C36H33F7N2O4S/c1-3-48-30(46)16-9-17-44-32(22-10-5-4-6-11-22)29-20-50-34-25(19-26-27(35(38,39)40)14-8-15-28(26)37)21(2)31(33(47)45(29)34)23-12-7-13-24(18-23)49-36(41,42)43/h4-8,10-15,18,29,32,44H,3,9,16-17,19-20H2,1-2H3. The highest BCUT2D eigenvalue weighted by Gasteiger charge is 2.39. The monoisotopic (exact) mass is 722 g/mol. The van der Waals surface area contributed by atoms with Crippen molar-refractivity contribution in [3.63, 3.8) is 0 Å². The number of alkyl halides is 6. The predicted molar refractivity (Wildman–Crippen MR) is 175 cm³/mol. The molecular formula is C36H33F7N2O4S. The quantitative estimate of drug-likeness (QED) is 0.0896. The molecule has 266 valence electrons. The van der Waals surface area contributed by atoms with Crippen LogP contribution in [0.25, 0.3) is 11.1 Å². The van der Waals surface area contributed by atoms with Crippen molar-refractivity contribution in [2.75, 3.05) is 18.9 Å². The van der Waals surface area contributed by atoms with Gasteiger partial charge >= 0.3 is 18.5 Å². The van der Waals surface area contributed by atoms with Gasteiger partial charge in [-0.3, -0.25) is 14.2 Å². The number of esters is 1. The summed E-state index contributed by atoms with van der Waals surface area (Å²) >= 11 is 1.23. The lowest BCUT2D eigenvalue weighted by Crippen LogP contribution is -2.36. The van der Waals surface area contributed by atoms with Crippen molar-refractivity contribution in [2.24, 2.45) is 0 Å². The van der Waals surface area contributed by atoms with Gasteiger partial charge in [0.1, 0.15) is 11.6 Å². The zero-order valence-electron chi connectivity index (χ0n) is 27.0. The molecule has 1 N–H and O–H groups in total. The Labute approximate surface area is 287 Å². The van der Waals surface area contributed by atoms with E-state index in [0.29, 0.717) is 18.0 Å². The van der Waals surface area contributed by atoms with E-state index in [1.165, 1.54) is 35.4 Å². The summed E-state index contributed by atoms with van der Waals surface area (Å²) in [6.07, 6.45) is -9.89. The lowest BCUT2D eigenvalue weighted by molar-refractivity contribution is -0.274. The number of hydrogen-bond donors (Lipinski definition) is 1. The number of nitrogens with one attached hydrogen (secondary N) is 1. The molecule has 6 nitrogen and oxygen atoms in total. The number of halogens is 7. The molecule has 2 unspecified atom stereocenters. The first-order valence-electron chi connectivity index (χ1n) is 15.7. The van der Waals surface area contributed by atoms with Crippen LogP contribution in [0.3, 0.4) is 0 Å². The zero-order valence-corrected chi connectivity index (χ0v) is 27.8. The molecule has 50 heavy (non-hydrogen) atoms. The average molecular weight is 723 g/mol. The maximum absolute atomic E-state index is 15.2. The number of carbonyl (C=O) groups is 1. The van der Waals surface area contributed by atoms with E-state index < -0.39 is 59.3 Å². The minimum absolute atomic E-state index is 0.0460. The zero-order chi connectivity index (χ0) is 36.2. The number of aromatic nitrogens is 1. The molecule has 0 radical (unpaired) electrons. The molecule has 14 heteroatoms. The Morgan fingerprint density at radius 1 is 1.00 bits per heavy atom. The maximum Gasteiger partial charge on any atom is 0.573 e. The number of benzene rings is 3. The molecular weight excluding hydrogens is 689 g/mol. The third-order valence-electron chi connectivity index (χ3n) is 8.36. The Balaban J connectivity index is 1.68. The highest BCUT2D eigenvalue weighted by molar-refractivity contribution is 7.99. The predicted octanol–water partition coefficient (Wildman–Crippen LogP) is 8.79. The van der Waals surface area contributed by atoms with Crippen molar-refractivity contribution in [1.29, 1.82) is 0 Å². The third kappa shape index (κ3) is 8.35. The summed E-state index contributed by atoms with van der Waals surface area (Å²) in [5.74, 6) is -1.76. The van der Waals surface area contributed by atoms with Crippen molar-refractivity contribution < 1.29 is 45.0 Å². The summed E-state index contributed by atoms with van der Waals surface area (Å²) in [6, 6.07) is 15.4. The van der Waals surface area contributed by atoms with Gasteiger partial charge in [-0.2, -0.15) is 13.2 Å². The first kappa shape index (κ1) is 37.0. The van der Waals surface area contributed by atoms with Crippen LogP contribution in [-0.4, -0.2) is 35.8 Å². The van der Waals surface area contributed by atoms with Crippen LogP contribution >= 0.6 is 11.8 Å². The summed E-state index contributed by atoms with van der Waals surface area (Å²) < 4.78 is 108. The van der Waals surface area contributed by atoms with Gasteiger partial charge in [0.05, 0.1) is 34.8 Å². The molecule has 0 amide bonds. The fourth-order valence-corrected chi connectivity index (χ4v) is 7.64. The van der Waals surface area contributed by atoms with Crippen LogP contribution in [-0.2, 0) is 22.1 Å². The van der Waals surface area contributed by atoms with E-state index in [-0.39, 0.29) is 47.0 Å². The minimum atomic E-state index is -5.02. The fraction of sp³-hybridized carbons (Fsp3) is 0.333. The van der Waals surface area contributed by atoms with Gasteiger partial charge in [0.25, 0.3) is 5.56 Å². The van der Waals surface area contributed by atoms with E-state index in [2.05, 4.69) is 10.1 Å². The molecule has 0 saturated heterocycles. The Hall–Kier alpha value is -4.30. The van der Waals surface area contributed by atoms with Crippen molar-refractivity contribution in [3.8, 4) is 16.9 Å². The lowest BCUT2D eigenvalue weighted by atomic mass is 9.92. The fourth-order valence-electron chi connectivity index (χ4n) is 6.21. The average Bonchev–Trinajstić information content (AvgIpc) is 3.48. The first-order chi connectivity index (χ1) is 23.7. The topological polar surface area (TPSA) is 69.6 Å². The van der Waals surface area contributed by atoms with Crippen LogP contribution in [0.15, 0.2) is 82.6 Å². The van der Waals surface area contributed by atoms with E-state index in [4.69, 9.17) is 4.74 Å². The normalized spacial score (nSPS) is 15.1. The molecule has 1 aliphatic rings. The van der Waals surface area contributed by atoms with E-state index in [1.807, 2.05) is 30.3 Å². The highest BCUT2D eigenvalue weighted by atomic mass is 32.2. The molecule has 2 atom stereocenters. The Morgan fingerprint density at radius 3 is 2.40 bits per heavy atom. The van der Waals surface area contributed by atoms with Gasteiger partial charge in [-0.1, -0.05) is 48.5 Å². The van der Waals surface area contributed by atoms with Crippen molar-refractivity contribution in [3.05, 3.63) is 117 Å². The number of fused-ring (bicyclic) bond motifs is 1. The summed E-state index contributed by atoms with van der Waals surface area (Å²) in [4.78, 5) is 26.5. The lowest BCUT2D eigenvalue weighted by Gasteiger charge is -2.28. The van der Waals surface area contributed by atoms with E-state index >= 15 is 4.39 Å². The summed E-state index contributed by atoms with van der Waals surface area (Å²) in [5, 5.41) is 3.75. The number of carbonyl (C=O) groups excluding carboxylic acids is 1. The summed E-state index contributed by atoms with van der Waals surface area (Å²) in [6.45, 7) is 3.78. The van der Waals surface area contributed by atoms with E-state index in [0.717, 1.165) is 35.9 Å². The SMILES string of the molecule is CCOC(=O)CCCNC(c1ccccc1)C1CSc2c(Cc3c(F)cccc3C(F)(F)F)c(C)c(-c3cccc(OC(F)(F)F)c3)c(=O)n21. The number of nitrogens with zero attached hydrogens (tertiary/aromatic N) is 1. The van der Waals surface area contributed by atoms with Crippen molar-refractivity contribution in [1.82, 2.24) is 9.88 Å². The summed E-state index contributed by atoms with van der Waals surface area (Å²) in [5.41, 5.74) is -1.16. The first-order valence-corrected chi connectivity index (χ1v) is 16.7. The Bertz CT molecular complexity index is 1890. The van der Waals surface area contributed by atoms with Crippen molar-refractivity contribution >= 4 is 17.7 Å². The number of rotatable bonds is 12. The molecule has 5 rings (SSSR count). The second-order valence-electron chi connectivity index (χ2n) is 11.6. The Kier molecular flexibility index (Phi) is 11.3. The van der Waals surface area contributed by atoms with Gasteiger partial charge < -0.3 is 14.8 Å². The highest BCUT2D eigenvalue weighted by Crippen LogP contribution is 2.45. The maximum atomic E-state index is 15.2. The molecule has 1 aliphatic heterocycles. The minimum Gasteiger partial charge on any atom is -0.466 e. The molecule has 1 aromatic heterocycles. The van der Waals surface area contributed by atoms with Gasteiger partial charge in [0.2, 0.25) is 0 Å². The van der Waals surface area contributed by atoms with E-state index in [9.17, 15) is 35.9 Å². The van der Waals surface area contributed by atoms with E-state index in [1.54, 1.807) is 6.92 Å². The molecule has 0 bridgehead atoms. The number of thioether (sulfide) groups is 1. The number of hydrogen-bond acceptors (Lipinski definition) is 6. The second kappa shape index (κ2) is 15.3. The number of ether oxygens (including phenoxy) is 2. The summed E-state index contributed by atoms with van der Waals surface area (Å²) in [7, 11) is 0. The van der Waals surface area contributed by atoms with Crippen LogP contribution < -0.4 is 15.6 Å².